The van der Waals surface area contributed by atoms with Gasteiger partial charge in [-0.3, -0.25) is 9.10 Å². The molecule has 0 unspecified atom stereocenters. The maximum Gasteiger partial charge on any atom is 0.248 e. The van der Waals surface area contributed by atoms with Crippen LogP contribution in [0.3, 0.4) is 0 Å². The SMILES string of the molecule is CC[C@@H](C(=O)Nc1ccc(C(C)C)cc1)N(c1ccc(C)cc1)S(C)(=O)=O. The van der Waals surface area contributed by atoms with Gasteiger partial charge < -0.3 is 5.32 Å². The largest absolute Gasteiger partial charge is 0.324 e. The molecule has 0 aliphatic rings. The van der Waals surface area contributed by atoms with Gasteiger partial charge in [-0.2, -0.15) is 0 Å². The maximum absolute atomic E-state index is 12.9. The second kappa shape index (κ2) is 8.57. The lowest BCUT2D eigenvalue weighted by Gasteiger charge is -2.30. The summed E-state index contributed by atoms with van der Waals surface area (Å²) in [5.74, 6) is 0.0567. The van der Waals surface area contributed by atoms with Crippen LogP contribution in [0.1, 0.15) is 44.2 Å². The highest BCUT2D eigenvalue weighted by atomic mass is 32.2. The first-order valence-electron chi connectivity index (χ1n) is 9.10. The van der Waals surface area contributed by atoms with Gasteiger partial charge in [0.1, 0.15) is 6.04 Å². The molecule has 146 valence electrons. The predicted molar refractivity (Wildman–Crippen MR) is 112 cm³/mol. The Bertz CT molecular complexity index is 873. The average molecular weight is 389 g/mol. The standard InChI is InChI=1S/C21H28N2O3S/c1-6-20(21(24)22-18-11-9-17(10-12-18)15(2)3)23(27(5,25)26)19-13-7-16(4)8-14-19/h7-15,20H,6H2,1-5H3,(H,22,24)/t20-/m0/s1. The van der Waals surface area contributed by atoms with Gasteiger partial charge in [0.15, 0.2) is 0 Å². The minimum Gasteiger partial charge on any atom is -0.324 e. The molecule has 0 spiro atoms. The Morgan fingerprint density at radius 3 is 2.04 bits per heavy atom. The van der Waals surface area contributed by atoms with Crippen molar-refractivity contribution in [3.8, 4) is 0 Å². The van der Waals surface area contributed by atoms with Gasteiger partial charge in [0, 0.05) is 5.69 Å². The molecule has 0 radical (unpaired) electrons. The van der Waals surface area contributed by atoms with Crippen molar-refractivity contribution in [1.29, 1.82) is 0 Å². The van der Waals surface area contributed by atoms with E-state index in [4.69, 9.17) is 0 Å². The number of amides is 1. The van der Waals surface area contributed by atoms with E-state index < -0.39 is 16.1 Å². The molecule has 5 nitrogen and oxygen atoms in total. The summed E-state index contributed by atoms with van der Waals surface area (Å²) in [5.41, 5.74) is 3.34. The molecule has 0 saturated heterocycles. The smallest absolute Gasteiger partial charge is 0.248 e. The Morgan fingerprint density at radius 1 is 1.04 bits per heavy atom. The van der Waals surface area contributed by atoms with Crippen LogP contribution in [0.4, 0.5) is 11.4 Å². The third-order valence-electron chi connectivity index (χ3n) is 4.46. The number of anilines is 2. The molecule has 0 bridgehead atoms. The lowest BCUT2D eigenvalue weighted by Crippen LogP contribution is -2.47. The van der Waals surface area contributed by atoms with Crippen molar-refractivity contribution in [1.82, 2.24) is 0 Å². The van der Waals surface area contributed by atoms with Crippen molar-refractivity contribution in [2.24, 2.45) is 0 Å². The summed E-state index contributed by atoms with van der Waals surface area (Å²) in [6, 6.07) is 13.9. The molecular formula is C21H28N2O3S. The van der Waals surface area contributed by atoms with Crippen molar-refractivity contribution in [2.75, 3.05) is 15.9 Å². The van der Waals surface area contributed by atoms with Crippen molar-refractivity contribution < 1.29 is 13.2 Å². The number of hydrogen-bond acceptors (Lipinski definition) is 3. The molecule has 0 fully saturated rings. The first-order valence-corrected chi connectivity index (χ1v) is 10.9. The van der Waals surface area contributed by atoms with E-state index in [0.717, 1.165) is 11.8 Å². The molecule has 2 rings (SSSR count). The number of carbonyl (C=O) groups is 1. The maximum atomic E-state index is 12.9. The molecule has 6 heteroatoms. The summed E-state index contributed by atoms with van der Waals surface area (Å²) >= 11 is 0. The second-order valence-corrected chi connectivity index (χ2v) is 8.94. The number of aryl methyl sites for hydroxylation is 1. The highest BCUT2D eigenvalue weighted by Gasteiger charge is 2.31. The molecular weight excluding hydrogens is 360 g/mol. The van der Waals surface area contributed by atoms with E-state index in [-0.39, 0.29) is 5.91 Å². The average Bonchev–Trinajstić information content (AvgIpc) is 2.60. The molecule has 27 heavy (non-hydrogen) atoms. The first kappa shape index (κ1) is 21.0. The van der Waals surface area contributed by atoms with Gasteiger partial charge in [0.05, 0.1) is 11.9 Å². The van der Waals surface area contributed by atoms with E-state index >= 15 is 0 Å². The number of nitrogens with one attached hydrogen (secondary N) is 1. The van der Waals surface area contributed by atoms with Crippen LogP contribution in [0.5, 0.6) is 0 Å². The molecule has 0 aliphatic carbocycles. The zero-order valence-corrected chi connectivity index (χ0v) is 17.4. The number of nitrogens with zero attached hydrogens (tertiary/aromatic N) is 1. The molecule has 1 amide bonds. The third-order valence-corrected chi connectivity index (χ3v) is 5.64. The van der Waals surface area contributed by atoms with E-state index in [0.29, 0.717) is 23.7 Å². The number of benzene rings is 2. The minimum absolute atomic E-state index is 0.346. The lowest BCUT2D eigenvalue weighted by molar-refractivity contribution is -0.117. The monoisotopic (exact) mass is 388 g/mol. The van der Waals surface area contributed by atoms with Gasteiger partial charge in [0.25, 0.3) is 0 Å². The quantitative estimate of drug-likeness (QED) is 0.769. The molecule has 2 aromatic carbocycles. The van der Waals surface area contributed by atoms with Crippen LogP contribution in [-0.4, -0.2) is 26.6 Å². The van der Waals surface area contributed by atoms with E-state index in [1.165, 1.54) is 9.87 Å². The van der Waals surface area contributed by atoms with Crippen LogP contribution in [0.25, 0.3) is 0 Å². The third kappa shape index (κ3) is 5.32. The number of hydrogen-bond donors (Lipinski definition) is 1. The van der Waals surface area contributed by atoms with Crippen molar-refractivity contribution >= 4 is 27.3 Å². The second-order valence-electron chi connectivity index (χ2n) is 7.08. The Kier molecular flexibility index (Phi) is 6.65. The molecule has 2 aromatic rings. The van der Waals surface area contributed by atoms with E-state index in [9.17, 15) is 13.2 Å². The van der Waals surface area contributed by atoms with Gasteiger partial charge in [-0.25, -0.2) is 8.42 Å². The van der Waals surface area contributed by atoms with E-state index in [1.807, 2.05) is 43.3 Å². The van der Waals surface area contributed by atoms with Crippen LogP contribution >= 0.6 is 0 Å². The summed E-state index contributed by atoms with van der Waals surface area (Å²) in [6.45, 7) is 7.94. The van der Waals surface area contributed by atoms with E-state index in [2.05, 4.69) is 19.2 Å². The fraction of sp³-hybridized carbons (Fsp3) is 0.381. The summed E-state index contributed by atoms with van der Waals surface area (Å²) < 4.78 is 26.1. The van der Waals surface area contributed by atoms with E-state index in [1.54, 1.807) is 19.1 Å². The Balaban J connectivity index is 2.30. The topological polar surface area (TPSA) is 66.5 Å². The Labute approximate surface area is 162 Å². The lowest BCUT2D eigenvalue weighted by atomic mass is 10.0. The summed E-state index contributed by atoms with van der Waals surface area (Å²) in [4.78, 5) is 12.9. The molecule has 0 saturated carbocycles. The van der Waals surface area contributed by atoms with Gasteiger partial charge in [-0.05, 0) is 49.1 Å². The normalized spacial score (nSPS) is 12.7. The summed E-state index contributed by atoms with van der Waals surface area (Å²) in [6.07, 6.45) is 1.48. The zero-order valence-electron chi connectivity index (χ0n) is 16.6. The molecule has 0 aliphatic heterocycles. The van der Waals surface area contributed by atoms with Crippen LogP contribution in [0.15, 0.2) is 48.5 Å². The summed E-state index contributed by atoms with van der Waals surface area (Å²) in [5, 5.41) is 2.85. The van der Waals surface area contributed by atoms with Crippen molar-refractivity contribution in [3.05, 3.63) is 59.7 Å². The van der Waals surface area contributed by atoms with Crippen LogP contribution in [-0.2, 0) is 14.8 Å². The molecule has 0 aromatic heterocycles. The molecule has 1 atom stereocenters. The Morgan fingerprint density at radius 2 is 1.59 bits per heavy atom. The first-order chi connectivity index (χ1) is 12.6. The summed E-state index contributed by atoms with van der Waals surface area (Å²) in [7, 11) is -3.62. The molecule has 1 N–H and O–H groups in total. The van der Waals surface area contributed by atoms with Crippen LogP contribution < -0.4 is 9.62 Å². The van der Waals surface area contributed by atoms with Crippen LogP contribution in [0.2, 0.25) is 0 Å². The number of sulfonamides is 1. The zero-order chi connectivity index (χ0) is 20.2. The fourth-order valence-electron chi connectivity index (χ4n) is 2.93. The predicted octanol–water partition coefficient (Wildman–Crippen LogP) is 4.30. The van der Waals surface area contributed by atoms with Gasteiger partial charge >= 0.3 is 0 Å². The minimum atomic E-state index is -3.62. The fourth-order valence-corrected chi connectivity index (χ4v) is 4.14. The molecule has 0 heterocycles. The van der Waals surface area contributed by atoms with Crippen molar-refractivity contribution in [2.45, 2.75) is 46.1 Å². The highest BCUT2D eigenvalue weighted by Crippen LogP contribution is 2.24. The van der Waals surface area contributed by atoms with Gasteiger partial charge in [-0.1, -0.05) is 50.6 Å². The number of rotatable bonds is 7. The number of carbonyl (C=O) groups excluding carboxylic acids is 1. The highest BCUT2D eigenvalue weighted by molar-refractivity contribution is 7.92. The van der Waals surface area contributed by atoms with Gasteiger partial charge in [0.2, 0.25) is 15.9 Å². The van der Waals surface area contributed by atoms with Gasteiger partial charge in [-0.15, -0.1) is 0 Å². The van der Waals surface area contributed by atoms with Crippen LogP contribution in [0, 0.1) is 6.92 Å². The Hall–Kier alpha value is -2.34. The van der Waals surface area contributed by atoms with Crippen molar-refractivity contribution in [3.63, 3.8) is 0 Å².